The van der Waals surface area contributed by atoms with E-state index in [0.717, 1.165) is 31.4 Å². The molecule has 0 spiro atoms. The summed E-state index contributed by atoms with van der Waals surface area (Å²) in [5.41, 5.74) is 7.02. The van der Waals surface area contributed by atoms with E-state index >= 15 is 0 Å². The summed E-state index contributed by atoms with van der Waals surface area (Å²) < 4.78 is 0. The molecule has 1 unspecified atom stereocenters. The third-order valence-electron chi connectivity index (χ3n) is 4.03. The van der Waals surface area contributed by atoms with Crippen LogP contribution in [0.15, 0.2) is 24.3 Å². The van der Waals surface area contributed by atoms with Gasteiger partial charge in [0.2, 0.25) is 0 Å². The molecule has 2 rings (SSSR count). The number of nitrogens with two attached hydrogens (primary N) is 1. The molecule has 1 aliphatic rings. The monoisotopic (exact) mass is 354 g/mol. The number of hydrogen-bond acceptors (Lipinski definition) is 3. The van der Waals surface area contributed by atoms with E-state index in [1.165, 1.54) is 0 Å². The quantitative estimate of drug-likeness (QED) is 0.702. The summed E-state index contributed by atoms with van der Waals surface area (Å²) in [4.78, 5) is 26.0. The van der Waals surface area contributed by atoms with Gasteiger partial charge < -0.3 is 16.4 Å². The van der Waals surface area contributed by atoms with Crippen LogP contribution in [0.1, 0.15) is 43.0 Å². The van der Waals surface area contributed by atoms with Crippen LogP contribution in [0.3, 0.4) is 0 Å². The van der Waals surface area contributed by atoms with E-state index < -0.39 is 0 Å². The highest BCUT2D eigenvalue weighted by atomic mass is 35.5. The van der Waals surface area contributed by atoms with Gasteiger partial charge in [0.25, 0.3) is 5.91 Å². The zero-order valence-electron chi connectivity index (χ0n) is 14.1. The van der Waals surface area contributed by atoms with Gasteiger partial charge >= 0.3 is 6.03 Å². The average Bonchev–Trinajstić information content (AvgIpc) is 2.59. The lowest BCUT2D eigenvalue weighted by Gasteiger charge is -2.27. The van der Waals surface area contributed by atoms with Crippen LogP contribution in [0, 0.1) is 0 Å². The van der Waals surface area contributed by atoms with Crippen LogP contribution in [0.5, 0.6) is 0 Å². The fourth-order valence-corrected chi connectivity index (χ4v) is 2.66. The third-order valence-corrected chi connectivity index (χ3v) is 4.03. The molecule has 4 N–H and O–H groups in total. The van der Waals surface area contributed by atoms with Gasteiger partial charge in [0.05, 0.1) is 0 Å². The molecule has 1 saturated heterocycles. The van der Waals surface area contributed by atoms with Gasteiger partial charge in [0, 0.05) is 36.9 Å². The number of unbranched alkanes of at least 4 members (excludes halogenated alkanes) is 1. The van der Waals surface area contributed by atoms with Crippen molar-refractivity contribution in [2.45, 2.75) is 38.6 Å². The van der Waals surface area contributed by atoms with Gasteiger partial charge in [-0.25, -0.2) is 4.79 Å². The molecule has 6 nitrogen and oxygen atoms in total. The number of urea groups is 1. The maximum Gasteiger partial charge on any atom is 0.321 e. The van der Waals surface area contributed by atoms with Crippen molar-refractivity contribution in [3.8, 4) is 0 Å². The number of nitrogens with one attached hydrogen (secondary N) is 2. The summed E-state index contributed by atoms with van der Waals surface area (Å²) in [5.74, 6) is -0.143. The normalized spacial score (nSPS) is 15.2. The molecule has 1 aromatic rings. The number of halogens is 1. The molecule has 1 atom stereocenters. The largest absolute Gasteiger partial charge is 0.348 e. The van der Waals surface area contributed by atoms with E-state index in [4.69, 9.17) is 5.73 Å². The minimum Gasteiger partial charge on any atom is -0.348 e. The number of nitrogens with zero attached hydrogens (tertiary/aromatic N) is 1. The number of benzene rings is 1. The summed E-state index contributed by atoms with van der Waals surface area (Å²) in [6.07, 6.45) is 3.89. The van der Waals surface area contributed by atoms with Crippen molar-refractivity contribution in [2.24, 2.45) is 5.73 Å². The topological polar surface area (TPSA) is 87.5 Å². The highest BCUT2D eigenvalue weighted by Gasteiger charge is 2.20. The molecule has 24 heavy (non-hydrogen) atoms. The van der Waals surface area contributed by atoms with E-state index in [1.807, 2.05) is 6.07 Å². The Morgan fingerprint density at radius 1 is 1.46 bits per heavy atom. The maximum atomic E-state index is 12.4. The second-order valence-electron chi connectivity index (χ2n) is 5.84. The van der Waals surface area contributed by atoms with E-state index in [-0.39, 0.29) is 30.4 Å². The highest BCUT2D eigenvalue weighted by Crippen LogP contribution is 2.18. The number of amides is 3. The fourth-order valence-electron chi connectivity index (χ4n) is 2.66. The maximum absolute atomic E-state index is 12.4. The fraction of sp³-hybridized carbons (Fsp3) is 0.529. The lowest BCUT2D eigenvalue weighted by atomic mass is 10.1. The Morgan fingerprint density at radius 3 is 2.92 bits per heavy atom. The molecule has 0 saturated carbocycles. The molecule has 1 heterocycles. The second kappa shape index (κ2) is 10.2. The minimum absolute atomic E-state index is 0. The standard InChI is InChI=1S/C17H26N4O2.ClH/c1-2-3-7-14(12-18)20-16(22)13-6-4-8-15(11-13)21-10-5-9-19-17(21)23;/h4,6,8,11,14H,2-3,5,7,9-10,12,18H2,1H3,(H,19,23)(H,20,22);1H. The van der Waals surface area contributed by atoms with E-state index in [0.29, 0.717) is 25.2 Å². The van der Waals surface area contributed by atoms with Gasteiger partial charge in [0.15, 0.2) is 0 Å². The summed E-state index contributed by atoms with van der Waals surface area (Å²) in [5, 5.41) is 5.79. The van der Waals surface area contributed by atoms with Crippen LogP contribution in [0.2, 0.25) is 0 Å². The van der Waals surface area contributed by atoms with Crippen molar-refractivity contribution < 1.29 is 9.59 Å². The van der Waals surface area contributed by atoms with Crippen LogP contribution in [-0.4, -0.2) is 37.6 Å². The van der Waals surface area contributed by atoms with Crippen LogP contribution in [-0.2, 0) is 0 Å². The van der Waals surface area contributed by atoms with Crippen molar-refractivity contribution >= 4 is 30.0 Å². The Bertz CT molecular complexity index is 553. The number of hydrogen-bond donors (Lipinski definition) is 3. The Labute approximate surface area is 149 Å². The van der Waals surface area contributed by atoms with E-state index in [2.05, 4.69) is 17.6 Å². The summed E-state index contributed by atoms with van der Waals surface area (Å²) in [6, 6.07) is 7.04. The predicted octanol–water partition coefficient (Wildman–Crippen LogP) is 2.28. The Morgan fingerprint density at radius 2 is 2.25 bits per heavy atom. The van der Waals surface area contributed by atoms with Crippen LogP contribution >= 0.6 is 12.4 Å². The average molecular weight is 355 g/mol. The van der Waals surface area contributed by atoms with Gasteiger partial charge in [-0.05, 0) is 31.0 Å². The first-order valence-corrected chi connectivity index (χ1v) is 8.32. The van der Waals surface area contributed by atoms with E-state index in [9.17, 15) is 9.59 Å². The molecule has 1 aromatic carbocycles. The van der Waals surface area contributed by atoms with Crippen molar-refractivity contribution in [2.75, 3.05) is 24.5 Å². The van der Waals surface area contributed by atoms with Crippen LogP contribution < -0.4 is 21.3 Å². The third kappa shape index (κ3) is 5.39. The first-order chi connectivity index (χ1) is 11.2. The van der Waals surface area contributed by atoms with Gasteiger partial charge in [0.1, 0.15) is 0 Å². The molecule has 0 aromatic heterocycles. The van der Waals surface area contributed by atoms with Crippen molar-refractivity contribution in [1.29, 1.82) is 0 Å². The first kappa shape index (κ1) is 20.3. The molecule has 0 bridgehead atoms. The number of carbonyl (C=O) groups excluding carboxylic acids is 2. The number of rotatable bonds is 7. The second-order valence-corrected chi connectivity index (χ2v) is 5.84. The van der Waals surface area contributed by atoms with Gasteiger partial charge in [-0.15, -0.1) is 12.4 Å². The number of carbonyl (C=O) groups is 2. The smallest absolute Gasteiger partial charge is 0.321 e. The van der Waals surface area contributed by atoms with Gasteiger partial charge in [-0.1, -0.05) is 25.8 Å². The van der Waals surface area contributed by atoms with Gasteiger partial charge in [-0.2, -0.15) is 0 Å². The lowest BCUT2D eigenvalue weighted by Crippen LogP contribution is -2.46. The van der Waals surface area contributed by atoms with Crippen molar-refractivity contribution in [3.63, 3.8) is 0 Å². The van der Waals surface area contributed by atoms with E-state index in [1.54, 1.807) is 23.1 Å². The van der Waals surface area contributed by atoms with Crippen molar-refractivity contribution in [3.05, 3.63) is 29.8 Å². The first-order valence-electron chi connectivity index (χ1n) is 8.32. The molecule has 134 valence electrons. The van der Waals surface area contributed by atoms with Gasteiger partial charge in [-0.3, -0.25) is 9.69 Å². The Kier molecular flexibility index (Phi) is 8.57. The molecule has 3 amide bonds. The number of anilines is 1. The molecule has 1 aliphatic heterocycles. The molecule has 1 fully saturated rings. The predicted molar refractivity (Wildman–Crippen MR) is 98.9 cm³/mol. The minimum atomic E-state index is -0.143. The Balaban J connectivity index is 0.00000288. The lowest BCUT2D eigenvalue weighted by molar-refractivity contribution is 0.0935. The molecule has 0 aliphatic carbocycles. The molecule has 0 radical (unpaired) electrons. The Hall–Kier alpha value is -1.79. The van der Waals surface area contributed by atoms with Crippen molar-refractivity contribution in [1.82, 2.24) is 10.6 Å². The summed E-state index contributed by atoms with van der Waals surface area (Å²) >= 11 is 0. The molecule has 7 heteroatoms. The van der Waals surface area contributed by atoms with Crippen LogP contribution in [0.4, 0.5) is 10.5 Å². The molecular formula is C17H27ClN4O2. The summed E-state index contributed by atoms with van der Waals surface area (Å²) in [7, 11) is 0. The highest BCUT2D eigenvalue weighted by molar-refractivity contribution is 5.98. The zero-order chi connectivity index (χ0) is 16.7. The molecular weight excluding hydrogens is 328 g/mol. The summed E-state index contributed by atoms with van der Waals surface area (Å²) in [6.45, 7) is 3.91. The SMILES string of the molecule is CCCCC(CN)NC(=O)c1cccc(N2CCCNC2=O)c1.Cl. The van der Waals surface area contributed by atoms with Crippen LogP contribution in [0.25, 0.3) is 0 Å². The zero-order valence-corrected chi connectivity index (χ0v) is 14.9.